The molecule has 7 rings (SSSR count). The molecule has 0 aliphatic heterocycles. The largest absolute Gasteiger partial charge is 0.0622 e. The maximum atomic E-state index is 3.93. The lowest BCUT2D eigenvalue weighted by molar-refractivity contribution is 1.61. The van der Waals surface area contributed by atoms with Gasteiger partial charge in [-0.3, -0.25) is 0 Å². The minimum absolute atomic E-state index is 1.13. The fraction of sp³-hybridized carbons (Fsp3) is 0. The van der Waals surface area contributed by atoms with Crippen molar-refractivity contribution in [3.05, 3.63) is 120 Å². The van der Waals surface area contributed by atoms with Crippen molar-refractivity contribution in [2.24, 2.45) is 0 Å². The van der Waals surface area contributed by atoms with Crippen molar-refractivity contribution in [3.8, 4) is 44.5 Å². The molecular weight excluding hydrogens is 464 g/mol. The predicted octanol–water partition coefficient (Wildman–Crippen LogP) is 9.74. The first-order valence-corrected chi connectivity index (χ1v) is 12.0. The van der Waals surface area contributed by atoms with E-state index in [0.717, 1.165) is 4.47 Å². The first kappa shape index (κ1) is 18.8. The summed E-state index contributed by atoms with van der Waals surface area (Å²) in [7, 11) is 0. The molecule has 0 N–H and O–H groups in total. The van der Waals surface area contributed by atoms with Crippen molar-refractivity contribution >= 4 is 37.5 Å². The van der Waals surface area contributed by atoms with E-state index in [2.05, 4.69) is 131 Å². The molecule has 154 valence electrons. The maximum absolute atomic E-state index is 3.93. The van der Waals surface area contributed by atoms with Gasteiger partial charge in [-0.1, -0.05) is 125 Å². The second-order valence-electron chi connectivity index (χ2n) is 8.60. The molecule has 0 unspecified atom stereocenters. The Hall–Kier alpha value is -3.68. The average molecular weight is 483 g/mol. The minimum Gasteiger partial charge on any atom is -0.0622 e. The van der Waals surface area contributed by atoms with E-state index >= 15 is 0 Å². The highest BCUT2D eigenvalue weighted by Crippen LogP contribution is 2.58. The van der Waals surface area contributed by atoms with Crippen LogP contribution >= 0.6 is 15.9 Å². The molecule has 0 spiro atoms. The van der Waals surface area contributed by atoms with E-state index in [0.29, 0.717) is 0 Å². The van der Waals surface area contributed by atoms with E-state index in [9.17, 15) is 0 Å². The first-order valence-electron chi connectivity index (χ1n) is 11.2. The monoisotopic (exact) mass is 482 g/mol. The molecule has 0 fully saturated rings. The second kappa shape index (κ2) is 7.16. The van der Waals surface area contributed by atoms with Crippen LogP contribution in [0.3, 0.4) is 0 Å². The first-order chi connectivity index (χ1) is 16.3. The molecule has 0 saturated heterocycles. The van der Waals surface area contributed by atoms with Crippen molar-refractivity contribution in [3.63, 3.8) is 0 Å². The molecule has 0 amide bonds. The molecule has 1 heteroatoms. The van der Waals surface area contributed by atoms with E-state index in [4.69, 9.17) is 0 Å². The summed E-state index contributed by atoms with van der Waals surface area (Å²) in [5, 5.41) is 5.20. The SMILES string of the molecule is Brc1cccc2c(-c3ccccc3)c3c(c(-c4ccccc4)c12)-c1cccc2cccc-3c12. The molecule has 0 atom stereocenters. The summed E-state index contributed by atoms with van der Waals surface area (Å²) in [6.45, 7) is 0. The highest BCUT2D eigenvalue weighted by atomic mass is 79.9. The molecule has 0 radical (unpaired) electrons. The van der Waals surface area contributed by atoms with Gasteiger partial charge in [-0.25, -0.2) is 0 Å². The van der Waals surface area contributed by atoms with Gasteiger partial charge >= 0.3 is 0 Å². The molecule has 6 aromatic rings. The number of hydrogen-bond donors (Lipinski definition) is 0. The van der Waals surface area contributed by atoms with Gasteiger partial charge in [0.25, 0.3) is 0 Å². The van der Waals surface area contributed by atoms with E-state index in [1.807, 2.05) is 0 Å². The van der Waals surface area contributed by atoms with Crippen LogP contribution in [0.5, 0.6) is 0 Å². The molecule has 0 heterocycles. The average Bonchev–Trinajstić information content (AvgIpc) is 3.20. The van der Waals surface area contributed by atoms with Gasteiger partial charge in [0.05, 0.1) is 0 Å². The third-order valence-corrected chi connectivity index (χ3v) is 7.51. The van der Waals surface area contributed by atoms with Gasteiger partial charge in [-0.2, -0.15) is 0 Å². The standard InChI is InChI=1S/C32H19Br/c33-26-19-9-18-25-28(21-10-3-1-4-11-21)31-23-16-7-14-20-15-8-17-24(27(20)23)32(31)29(30(25)26)22-12-5-2-6-13-22/h1-19H. The van der Waals surface area contributed by atoms with Crippen molar-refractivity contribution in [1.82, 2.24) is 0 Å². The zero-order valence-corrected chi connectivity index (χ0v) is 19.4. The number of hydrogen-bond acceptors (Lipinski definition) is 0. The molecule has 0 nitrogen and oxygen atoms in total. The third kappa shape index (κ3) is 2.63. The van der Waals surface area contributed by atoms with E-state index < -0.39 is 0 Å². The molecule has 33 heavy (non-hydrogen) atoms. The quantitative estimate of drug-likeness (QED) is 0.230. The van der Waals surface area contributed by atoms with Gasteiger partial charge in [0, 0.05) is 9.86 Å². The Bertz CT molecular complexity index is 1690. The molecule has 0 aromatic heterocycles. The summed E-state index contributed by atoms with van der Waals surface area (Å²) in [5.74, 6) is 0. The van der Waals surface area contributed by atoms with E-state index in [-0.39, 0.29) is 0 Å². The van der Waals surface area contributed by atoms with Crippen LogP contribution in [0.4, 0.5) is 0 Å². The van der Waals surface area contributed by atoms with Crippen molar-refractivity contribution < 1.29 is 0 Å². The lowest BCUT2D eigenvalue weighted by Gasteiger charge is -2.21. The van der Waals surface area contributed by atoms with Crippen LogP contribution in [0.2, 0.25) is 0 Å². The summed E-state index contributed by atoms with van der Waals surface area (Å²) in [5.41, 5.74) is 10.4. The van der Waals surface area contributed by atoms with Crippen LogP contribution < -0.4 is 0 Å². The van der Waals surface area contributed by atoms with Gasteiger partial charge in [0.1, 0.15) is 0 Å². The van der Waals surface area contributed by atoms with Gasteiger partial charge < -0.3 is 0 Å². The van der Waals surface area contributed by atoms with Crippen LogP contribution in [0.25, 0.3) is 66.1 Å². The van der Waals surface area contributed by atoms with E-state index in [1.54, 1.807) is 0 Å². The Balaban J connectivity index is 1.80. The summed E-state index contributed by atoms with van der Waals surface area (Å²) in [6.07, 6.45) is 0. The van der Waals surface area contributed by atoms with Gasteiger partial charge in [0.15, 0.2) is 0 Å². The summed E-state index contributed by atoms with van der Waals surface area (Å²) >= 11 is 3.93. The van der Waals surface area contributed by atoms with Gasteiger partial charge in [0.2, 0.25) is 0 Å². The highest BCUT2D eigenvalue weighted by molar-refractivity contribution is 9.10. The summed E-state index contributed by atoms with van der Waals surface area (Å²) in [6, 6.07) is 41.7. The van der Waals surface area contributed by atoms with Crippen molar-refractivity contribution in [1.29, 1.82) is 0 Å². The van der Waals surface area contributed by atoms with Gasteiger partial charge in [-0.15, -0.1) is 0 Å². The van der Waals surface area contributed by atoms with Crippen LogP contribution in [0.1, 0.15) is 0 Å². The normalized spacial score (nSPS) is 11.8. The Kier molecular flexibility index (Phi) is 4.09. The van der Waals surface area contributed by atoms with Crippen LogP contribution in [0, 0.1) is 0 Å². The smallest absolute Gasteiger partial charge is 0.0260 e. The Morgan fingerprint density at radius 3 is 1.58 bits per heavy atom. The Morgan fingerprint density at radius 1 is 0.394 bits per heavy atom. The number of fused-ring (bicyclic) bond motifs is 4. The van der Waals surface area contributed by atoms with Gasteiger partial charge in [-0.05, 0) is 66.7 Å². The Labute approximate surface area is 201 Å². The molecule has 1 aliphatic rings. The predicted molar refractivity (Wildman–Crippen MR) is 144 cm³/mol. The fourth-order valence-electron chi connectivity index (χ4n) is 5.59. The number of halogens is 1. The maximum Gasteiger partial charge on any atom is 0.0260 e. The molecule has 6 aromatic carbocycles. The third-order valence-electron chi connectivity index (χ3n) is 6.85. The highest BCUT2D eigenvalue weighted by Gasteiger charge is 2.30. The molecular formula is C32H19Br. The van der Waals surface area contributed by atoms with Crippen molar-refractivity contribution in [2.75, 3.05) is 0 Å². The van der Waals surface area contributed by atoms with Crippen LogP contribution in [-0.4, -0.2) is 0 Å². The summed E-state index contributed by atoms with van der Waals surface area (Å²) < 4.78 is 1.13. The zero-order valence-electron chi connectivity index (χ0n) is 17.8. The summed E-state index contributed by atoms with van der Waals surface area (Å²) in [4.78, 5) is 0. The molecule has 1 aliphatic carbocycles. The fourth-order valence-corrected chi connectivity index (χ4v) is 6.16. The molecule has 0 saturated carbocycles. The zero-order chi connectivity index (χ0) is 21.9. The van der Waals surface area contributed by atoms with E-state index in [1.165, 1.54) is 66.1 Å². The second-order valence-corrected chi connectivity index (χ2v) is 9.46. The lowest BCUT2D eigenvalue weighted by atomic mass is 9.82. The Morgan fingerprint density at radius 2 is 0.939 bits per heavy atom. The number of benzene rings is 6. The van der Waals surface area contributed by atoms with Crippen LogP contribution in [-0.2, 0) is 0 Å². The minimum atomic E-state index is 1.13. The number of rotatable bonds is 2. The topological polar surface area (TPSA) is 0 Å². The van der Waals surface area contributed by atoms with Crippen molar-refractivity contribution in [2.45, 2.75) is 0 Å². The van der Waals surface area contributed by atoms with Crippen LogP contribution in [0.15, 0.2) is 120 Å². The molecule has 0 bridgehead atoms. The lowest BCUT2D eigenvalue weighted by Crippen LogP contribution is -1.94.